The van der Waals surface area contributed by atoms with E-state index in [2.05, 4.69) is 10.6 Å². The summed E-state index contributed by atoms with van der Waals surface area (Å²) in [6.45, 7) is 4.56. The van der Waals surface area contributed by atoms with E-state index >= 15 is 0 Å². The van der Waals surface area contributed by atoms with E-state index in [9.17, 15) is 23.6 Å². The molecule has 2 aromatic rings. The number of halogens is 1. The van der Waals surface area contributed by atoms with Crippen molar-refractivity contribution in [2.45, 2.75) is 51.6 Å². The van der Waals surface area contributed by atoms with Crippen LogP contribution in [0.4, 0.5) is 4.39 Å². The van der Waals surface area contributed by atoms with E-state index in [-0.39, 0.29) is 42.3 Å². The van der Waals surface area contributed by atoms with Crippen LogP contribution in [0.1, 0.15) is 59.4 Å². The summed E-state index contributed by atoms with van der Waals surface area (Å²) < 4.78 is 14.7. The Morgan fingerprint density at radius 1 is 1.05 bits per heavy atom. The molecule has 1 fully saturated rings. The Kier molecular flexibility index (Phi) is 8.76. The van der Waals surface area contributed by atoms with E-state index in [1.165, 1.54) is 15.9 Å². The van der Waals surface area contributed by atoms with Crippen LogP contribution in [0.5, 0.6) is 0 Å². The van der Waals surface area contributed by atoms with Gasteiger partial charge in [-0.15, -0.1) is 0 Å². The first kappa shape index (κ1) is 27.3. The van der Waals surface area contributed by atoms with Crippen molar-refractivity contribution < 1.29 is 23.6 Å². The maximum Gasteiger partial charge on any atom is 0.257 e. The van der Waals surface area contributed by atoms with Gasteiger partial charge in [0, 0.05) is 31.2 Å². The molecule has 4 rings (SSSR count). The molecular formula is C29H35FN4O4. The summed E-state index contributed by atoms with van der Waals surface area (Å²) in [5.74, 6) is -2.12. The van der Waals surface area contributed by atoms with Crippen LogP contribution in [0, 0.1) is 11.7 Å². The summed E-state index contributed by atoms with van der Waals surface area (Å²) in [4.78, 5) is 55.9. The maximum absolute atomic E-state index is 14.7. The van der Waals surface area contributed by atoms with Crippen LogP contribution in [0.15, 0.2) is 48.5 Å². The molecule has 4 amide bonds. The van der Waals surface area contributed by atoms with Crippen LogP contribution in [-0.4, -0.2) is 71.7 Å². The van der Waals surface area contributed by atoms with Crippen molar-refractivity contribution in [3.05, 3.63) is 71.0 Å². The second-order valence-corrected chi connectivity index (χ2v) is 10.3. The van der Waals surface area contributed by atoms with Crippen LogP contribution in [-0.2, 0) is 16.0 Å². The zero-order valence-electron chi connectivity index (χ0n) is 21.9. The SMILES string of the molecule is CC(C)[C@@H]1CN(C(=O)c2ccccc2)CC(=O)NCCCc2ccc(F)c(c2)C(=O)N2CCC[C@H]2C(=O)N1. The summed E-state index contributed by atoms with van der Waals surface area (Å²) in [5, 5.41) is 5.88. The van der Waals surface area contributed by atoms with Gasteiger partial charge >= 0.3 is 0 Å². The molecule has 0 radical (unpaired) electrons. The molecule has 1 saturated heterocycles. The Labute approximate surface area is 222 Å². The monoisotopic (exact) mass is 522 g/mol. The lowest BCUT2D eigenvalue weighted by Crippen LogP contribution is -2.54. The van der Waals surface area contributed by atoms with E-state index in [4.69, 9.17) is 0 Å². The van der Waals surface area contributed by atoms with Crippen LogP contribution in [0.25, 0.3) is 0 Å². The molecule has 2 atom stereocenters. The molecule has 202 valence electrons. The Balaban J connectivity index is 1.65. The van der Waals surface area contributed by atoms with Gasteiger partial charge in [-0.2, -0.15) is 0 Å². The number of nitrogens with one attached hydrogen (secondary N) is 2. The fraction of sp³-hybridized carbons (Fsp3) is 0.448. The lowest BCUT2D eigenvalue weighted by Gasteiger charge is -2.32. The molecule has 2 aromatic carbocycles. The topological polar surface area (TPSA) is 98.8 Å². The van der Waals surface area contributed by atoms with E-state index in [0.29, 0.717) is 44.3 Å². The third-order valence-corrected chi connectivity index (χ3v) is 7.23. The number of fused-ring (bicyclic) bond motifs is 3. The van der Waals surface area contributed by atoms with E-state index in [0.717, 1.165) is 5.56 Å². The fourth-order valence-corrected chi connectivity index (χ4v) is 5.00. The quantitative estimate of drug-likeness (QED) is 0.634. The largest absolute Gasteiger partial charge is 0.355 e. The number of carbonyl (C=O) groups is 4. The second kappa shape index (κ2) is 12.2. The van der Waals surface area contributed by atoms with Crippen molar-refractivity contribution in [2.75, 3.05) is 26.2 Å². The molecule has 0 spiro atoms. The summed E-state index contributed by atoms with van der Waals surface area (Å²) in [6.07, 6.45) is 2.22. The predicted molar refractivity (Wildman–Crippen MR) is 141 cm³/mol. The number of hydrogen-bond donors (Lipinski definition) is 2. The van der Waals surface area contributed by atoms with Gasteiger partial charge in [0.05, 0.1) is 12.1 Å². The molecule has 2 aliphatic heterocycles. The second-order valence-electron chi connectivity index (χ2n) is 10.3. The van der Waals surface area contributed by atoms with Gasteiger partial charge in [0.15, 0.2) is 0 Å². The van der Waals surface area contributed by atoms with Gasteiger partial charge in [-0.25, -0.2) is 4.39 Å². The minimum absolute atomic E-state index is 0.0457. The molecule has 8 nitrogen and oxygen atoms in total. The van der Waals surface area contributed by atoms with Crippen LogP contribution >= 0.6 is 0 Å². The number of benzene rings is 2. The molecule has 0 aliphatic carbocycles. The molecule has 9 heteroatoms. The maximum atomic E-state index is 14.7. The average Bonchev–Trinajstić information content (AvgIpc) is 3.40. The van der Waals surface area contributed by atoms with Crippen molar-refractivity contribution in [3.8, 4) is 0 Å². The highest BCUT2D eigenvalue weighted by molar-refractivity contribution is 5.98. The highest BCUT2D eigenvalue weighted by Gasteiger charge is 2.37. The molecular weight excluding hydrogens is 487 g/mol. The highest BCUT2D eigenvalue weighted by atomic mass is 19.1. The van der Waals surface area contributed by atoms with Gasteiger partial charge in [0.25, 0.3) is 11.8 Å². The summed E-state index contributed by atoms with van der Waals surface area (Å²) in [5.41, 5.74) is 1.18. The van der Waals surface area contributed by atoms with Gasteiger partial charge in [-0.3, -0.25) is 19.2 Å². The van der Waals surface area contributed by atoms with E-state index in [1.807, 2.05) is 19.9 Å². The van der Waals surface area contributed by atoms with Crippen molar-refractivity contribution in [2.24, 2.45) is 5.92 Å². The predicted octanol–water partition coefficient (Wildman–Crippen LogP) is 2.78. The van der Waals surface area contributed by atoms with Crippen molar-refractivity contribution >= 4 is 23.6 Å². The van der Waals surface area contributed by atoms with Gasteiger partial charge in [-0.05, 0) is 61.4 Å². The lowest BCUT2D eigenvalue weighted by atomic mass is 10.0. The number of rotatable bonds is 2. The van der Waals surface area contributed by atoms with Gasteiger partial charge in [-0.1, -0.05) is 38.1 Å². The minimum Gasteiger partial charge on any atom is -0.355 e. The van der Waals surface area contributed by atoms with Crippen LogP contribution in [0.2, 0.25) is 0 Å². The lowest BCUT2D eigenvalue weighted by molar-refractivity contribution is -0.126. The molecule has 2 heterocycles. The number of carbonyl (C=O) groups excluding carboxylic acids is 4. The summed E-state index contributed by atoms with van der Waals surface area (Å²) in [7, 11) is 0. The van der Waals surface area contributed by atoms with E-state index < -0.39 is 23.8 Å². The highest BCUT2D eigenvalue weighted by Crippen LogP contribution is 2.23. The Morgan fingerprint density at radius 2 is 1.82 bits per heavy atom. The number of aryl methyl sites for hydroxylation is 1. The molecule has 0 saturated carbocycles. The summed E-state index contributed by atoms with van der Waals surface area (Å²) >= 11 is 0. The fourth-order valence-electron chi connectivity index (χ4n) is 5.00. The molecule has 2 bridgehead atoms. The average molecular weight is 523 g/mol. The molecule has 0 aromatic heterocycles. The zero-order chi connectivity index (χ0) is 27.2. The van der Waals surface area contributed by atoms with Crippen molar-refractivity contribution in [1.82, 2.24) is 20.4 Å². The van der Waals surface area contributed by atoms with Crippen molar-refractivity contribution in [3.63, 3.8) is 0 Å². The smallest absolute Gasteiger partial charge is 0.257 e. The minimum atomic E-state index is -0.732. The van der Waals surface area contributed by atoms with Gasteiger partial charge in [0.1, 0.15) is 11.9 Å². The third kappa shape index (κ3) is 6.38. The Bertz CT molecular complexity index is 1190. The van der Waals surface area contributed by atoms with Crippen LogP contribution < -0.4 is 10.6 Å². The number of hydrogen-bond acceptors (Lipinski definition) is 4. The molecule has 2 N–H and O–H groups in total. The summed E-state index contributed by atoms with van der Waals surface area (Å²) in [6, 6.07) is 12.0. The van der Waals surface area contributed by atoms with E-state index in [1.54, 1.807) is 36.4 Å². The normalized spacial score (nSPS) is 21.5. The first-order valence-corrected chi connectivity index (χ1v) is 13.3. The first-order valence-electron chi connectivity index (χ1n) is 13.3. The third-order valence-electron chi connectivity index (χ3n) is 7.23. The van der Waals surface area contributed by atoms with Gasteiger partial charge < -0.3 is 20.4 Å². The molecule has 38 heavy (non-hydrogen) atoms. The Hall–Kier alpha value is -3.75. The standard InChI is InChI=1S/C29H35FN4O4/c1-19(2)24-17-33(28(37)21-9-4-3-5-10-21)18-26(35)31-14-6-8-20-12-13-23(30)22(16-20)29(38)34-15-7-11-25(34)27(36)32-24/h3-5,9-10,12-13,16,19,24-25H,6-8,11,14-15,17-18H2,1-2H3,(H,31,35)(H,32,36)/t24-,25-/m0/s1. The first-order chi connectivity index (χ1) is 18.2. The van der Waals surface area contributed by atoms with Gasteiger partial charge in [0.2, 0.25) is 11.8 Å². The Morgan fingerprint density at radius 3 is 2.55 bits per heavy atom. The van der Waals surface area contributed by atoms with Crippen LogP contribution in [0.3, 0.4) is 0 Å². The number of nitrogens with zero attached hydrogens (tertiary/aromatic N) is 2. The molecule has 2 aliphatic rings. The molecule has 0 unspecified atom stereocenters. The van der Waals surface area contributed by atoms with Crippen molar-refractivity contribution in [1.29, 1.82) is 0 Å². The zero-order valence-corrected chi connectivity index (χ0v) is 21.9. The number of amides is 4.